The highest BCUT2D eigenvalue weighted by Gasteiger charge is 2.36. The molecule has 2 aliphatic heterocycles. The number of rotatable bonds is 9. The highest BCUT2D eigenvalue weighted by atomic mass is 35.5. The summed E-state index contributed by atoms with van der Waals surface area (Å²) in [4.78, 5) is 37.0. The molecule has 0 bridgehead atoms. The third kappa shape index (κ3) is 5.39. The first-order valence-electron chi connectivity index (χ1n) is 11.7. The molecule has 2 aromatic rings. The van der Waals surface area contributed by atoms with Crippen LogP contribution in [0.15, 0.2) is 24.9 Å². The molecule has 4 rings (SSSR count). The van der Waals surface area contributed by atoms with Gasteiger partial charge in [0.05, 0.1) is 50.7 Å². The summed E-state index contributed by atoms with van der Waals surface area (Å²) in [6.45, 7) is 8.72. The molecule has 37 heavy (non-hydrogen) atoms. The van der Waals surface area contributed by atoms with Gasteiger partial charge in [0, 0.05) is 24.9 Å². The molecule has 0 aliphatic carbocycles. The molecular weight excluding hydrogens is 523 g/mol. The van der Waals surface area contributed by atoms with Crippen LogP contribution in [0, 0.1) is 0 Å². The third-order valence-corrected chi connectivity index (χ3v) is 6.62. The number of nitrogens with zero attached hydrogens (tertiary/aromatic N) is 4. The number of urea groups is 1. The van der Waals surface area contributed by atoms with E-state index < -0.39 is 6.03 Å². The van der Waals surface area contributed by atoms with E-state index in [-0.39, 0.29) is 40.3 Å². The van der Waals surface area contributed by atoms with E-state index in [0.29, 0.717) is 55.3 Å². The summed E-state index contributed by atoms with van der Waals surface area (Å²) >= 11 is 13.3. The normalized spacial score (nSPS) is 18.9. The van der Waals surface area contributed by atoms with Crippen molar-refractivity contribution in [1.82, 2.24) is 15.3 Å². The van der Waals surface area contributed by atoms with Crippen LogP contribution in [0.3, 0.4) is 0 Å². The summed E-state index contributed by atoms with van der Waals surface area (Å²) in [5.74, 6) is 1.16. The maximum Gasteiger partial charge on any atom is 0.330 e. The predicted molar refractivity (Wildman–Crippen MR) is 141 cm³/mol. The van der Waals surface area contributed by atoms with Crippen LogP contribution in [0.25, 0.3) is 0 Å². The molecule has 0 saturated carbocycles. The molecule has 1 aromatic heterocycles. The number of hydrogen-bond acceptors (Lipinski definition) is 8. The lowest BCUT2D eigenvalue weighted by Crippen LogP contribution is -2.47. The van der Waals surface area contributed by atoms with Crippen molar-refractivity contribution in [3.8, 4) is 11.5 Å². The van der Waals surface area contributed by atoms with E-state index in [2.05, 4.69) is 27.2 Å². The van der Waals surface area contributed by atoms with Gasteiger partial charge in [-0.15, -0.1) is 0 Å². The molecule has 198 valence electrons. The van der Waals surface area contributed by atoms with E-state index in [1.54, 1.807) is 19.3 Å². The number of anilines is 3. The molecular formula is C24H28Cl2N6O5. The third-order valence-electron chi connectivity index (χ3n) is 5.89. The summed E-state index contributed by atoms with van der Waals surface area (Å²) in [6.07, 6.45) is 2.84. The van der Waals surface area contributed by atoms with Crippen LogP contribution in [-0.2, 0) is 16.1 Å². The molecule has 1 aromatic carbocycles. The Morgan fingerprint density at radius 3 is 2.49 bits per heavy atom. The van der Waals surface area contributed by atoms with Crippen LogP contribution in [0.1, 0.15) is 19.4 Å². The smallest absolute Gasteiger partial charge is 0.330 e. The number of halogens is 2. The van der Waals surface area contributed by atoms with E-state index in [1.165, 1.54) is 15.9 Å². The molecule has 3 amide bonds. The number of benzene rings is 1. The van der Waals surface area contributed by atoms with E-state index in [4.69, 9.17) is 37.4 Å². The van der Waals surface area contributed by atoms with Gasteiger partial charge in [0.1, 0.15) is 27.4 Å². The van der Waals surface area contributed by atoms with Crippen molar-refractivity contribution in [2.24, 2.45) is 0 Å². The quantitative estimate of drug-likeness (QED) is 0.454. The number of fused-ring (bicyclic) bond motifs is 1. The number of nitrogens with one attached hydrogen (secondary N) is 2. The highest BCUT2D eigenvalue weighted by molar-refractivity contribution is 6.42. The second-order valence-corrected chi connectivity index (χ2v) is 9.05. The van der Waals surface area contributed by atoms with E-state index in [0.717, 1.165) is 0 Å². The minimum Gasteiger partial charge on any atom is -0.492 e. The highest BCUT2D eigenvalue weighted by Crippen LogP contribution is 2.48. The van der Waals surface area contributed by atoms with Gasteiger partial charge in [-0.25, -0.2) is 9.78 Å². The van der Waals surface area contributed by atoms with Crippen molar-refractivity contribution in [3.05, 3.63) is 40.5 Å². The summed E-state index contributed by atoms with van der Waals surface area (Å²) in [5, 5.41) is 6.41. The van der Waals surface area contributed by atoms with Crippen molar-refractivity contribution in [2.45, 2.75) is 32.5 Å². The van der Waals surface area contributed by atoms with Crippen LogP contribution >= 0.6 is 23.2 Å². The summed E-state index contributed by atoms with van der Waals surface area (Å²) in [5.41, 5.74) is 0.963. The van der Waals surface area contributed by atoms with Crippen LogP contribution in [0.5, 0.6) is 11.5 Å². The number of hydrogen-bond donors (Lipinski definition) is 2. The van der Waals surface area contributed by atoms with Gasteiger partial charge in [0.15, 0.2) is 0 Å². The van der Waals surface area contributed by atoms with Crippen molar-refractivity contribution in [2.75, 3.05) is 48.6 Å². The zero-order valence-electron chi connectivity index (χ0n) is 20.7. The number of ether oxygens (including phenoxy) is 3. The van der Waals surface area contributed by atoms with E-state index in [1.807, 2.05) is 13.8 Å². The van der Waals surface area contributed by atoms with Crippen molar-refractivity contribution in [1.29, 1.82) is 0 Å². The maximum absolute atomic E-state index is 13.5. The Hall–Kier alpha value is -3.28. The van der Waals surface area contributed by atoms with Crippen LogP contribution in [-0.4, -0.2) is 67.5 Å². The van der Waals surface area contributed by atoms with Gasteiger partial charge in [-0.3, -0.25) is 14.6 Å². The number of carbonyl (C=O) groups excluding carboxylic acids is 2. The molecule has 1 saturated heterocycles. The molecule has 2 N–H and O–H groups in total. The zero-order valence-corrected chi connectivity index (χ0v) is 22.2. The largest absolute Gasteiger partial charge is 0.492 e. The Morgan fingerprint density at radius 2 is 1.86 bits per heavy atom. The van der Waals surface area contributed by atoms with Gasteiger partial charge in [0.2, 0.25) is 11.9 Å². The average Bonchev–Trinajstić information content (AvgIpc) is 3.31. The number of aromatic nitrogens is 2. The first kappa shape index (κ1) is 26.8. The Balaban J connectivity index is 1.63. The van der Waals surface area contributed by atoms with Gasteiger partial charge in [-0.2, -0.15) is 4.98 Å². The fourth-order valence-electron chi connectivity index (χ4n) is 4.13. The number of carbonyl (C=O) groups is 2. The fraction of sp³-hybridized carbons (Fsp3) is 0.417. The first-order chi connectivity index (χ1) is 17.8. The number of amides is 3. The summed E-state index contributed by atoms with van der Waals surface area (Å²) in [6, 6.07) is 0.698. The Kier molecular flexibility index (Phi) is 8.25. The van der Waals surface area contributed by atoms with E-state index >= 15 is 0 Å². The molecule has 3 heterocycles. The molecule has 11 nitrogen and oxygen atoms in total. The summed E-state index contributed by atoms with van der Waals surface area (Å²) < 4.78 is 16.8. The molecule has 1 fully saturated rings. The predicted octanol–water partition coefficient (Wildman–Crippen LogP) is 3.64. The minimum atomic E-state index is -0.391. The van der Waals surface area contributed by atoms with Gasteiger partial charge >= 0.3 is 6.03 Å². The Morgan fingerprint density at radius 1 is 1.22 bits per heavy atom. The van der Waals surface area contributed by atoms with Gasteiger partial charge in [-0.1, -0.05) is 29.8 Å². The van der Waals surface area contributed by atoms with Crippen LogP contribution in [0.2, 0.25) is 10.0 Å². The zero-order chi connectivity index (χ0) is 26.7. The fourth-order valence-corrected chi connectivity index (χ4v) is 4.79. The topological polar surface area (TPSA) is 118 Å². The van der Waals surface area contributed by atoms with Gasteiger partial charge in [0.25, 0.3) is 0 Å². The average molecular weight is 551 g/mol. The Labute approximate surface area is 224 Å². The lowest BCUT2D eigenvalue weighted by atomic mass is 10.1. The second kappa shape index (κ2) is 11.4. The second-order valence-electron chi connectivity index (χ2n) is 8.29. The molecule has 2 aliphatic rings. The molecule has 2 unspecified atom stereocenters. The maximum atomic E-state index is 13.5. The molecule has 2 atom stereocenters. The SMILES string of the molecule is C=CC(=O)NC1COCC1Nc1ncc2c(n1)N(C)C(=O)N(c1c(Cl)c(OCC)cc(OCC)c1Cl)C2. The molecule has 13 heteroatoms. The Bertz CT molecular complexity index is 1180. The van der Waals surface area contributed by atoms with Crippen molar-refractivity contribution < 1.29 is 23.8 Å². The van der Waals surface area contributed by atoms with Gasteiger partial charge in [-0.05, 0) is 19.9 Å². The van der Waals surface area contributed by atoms with E-state index in [9.17, 15) is 9.59 Å². The standard InChI is InChI=1S/C24H28Cl2N6O5/c1-5-18(33)28-14-11-35-12-15(14)29-23-27-9-13-10-32(24(34)31(4)22(13)30-23)21-19(25)16(36-6-2)8-17(20(21)26)37-7-3/h5,8-9,14-15H,1,6-7,10-12H2,2-4H3,(H,28,33)(H,27,29,30). The van der Waals surface area contributed by atoms with Crippen LogP contribution in [0.4, 0.5) is 22.2 Å². The van der Waals surface area contributed by atoms with Crippen molar-refractivity contribution in [3.63, 3.8) is 0 Å². The first-order valence-corrected chi connectivity index (χ1v) is 12.5. The van der Waals surface area contributed by atoms with Crippen LogP contribution < -0.4 is 29.9 Å². The molecule has 0 radical (unpaired) electrons. The lowest BCUT2D eigenvalue weighted by molar-refractivity contribution is -0.117. The van der Waals surface area contributed by atoms with Gasteiger partial charge < -0.3 is 24.8 Å². The molecule has 0 spiro atoms. The monoisotopic (exact) mass is 550 g/mol. The lowest BCUT2D eigenvalue weighted by Gasteiger charge is -2.35. The van der Waals surface area contributed by atoms with Crippen molar-refractivity contribution >= 4 is 52.6 Å². The minimum absolute atomic E-state index is 0.129. The summed E-state index contributed by atoms with van der Waals surface area (Å²) in [7, 11) is 1.60.